The van der Waals surface area contributed by atoms with E-state index in [0.717, 1.165) is 17.1 Å². The van der Waals surface area contributed by atoms with Crippen molar-refractivity contribution >= 4 is 41.1 Å². The van der Waals surface area contributed by atoms with Crippen molar-refractivity contribution in [2.45, 2.75) is 60.7 Å². The zero-order valence-corrected chi connectivity index (χ0v) is 23.7. The molecule has 7 nitrogen and oxygen atoms in total. The number of halogens is 5. The van der Waals surface area contributed by atoms with Gasteiger partial charge in [-0.25, -0.2) is 9.80 Å². The fourth-order valence-electron chi connectivity index (χ4n) is 2.92. The molecule has 0 saturated carbocycles. The van der Waals surface area contributed by atoms with E-state index < -0.39 is 17.8 Å². The maximum atomic E-state index is 13.4. The second kappa shape index (κ2) is 16.0. The minimum absolute atomic E-state index is 0.146. The van der Waals surface area contributed by atoms with Crippen LogP contribution in [0.4, 0.5) is 23.7 Å². The van der Waals surface area contributed by atoms with Gasteiger partial charge < -0.3 is 4.52 Å². The molecule has 3 aromatic rings. The van der Waals surface area contributed by atoms with E-state index in [4.69, 9.17) is 27.7 Å². The molecule has 1 heterocycles. The number of carbonyl (C=O) groups excluding carboxylic acids is 1. The quantitative estimate of drug-likeness (QED) is 0.210. The predicted octanol–water partition coefficient (Wildman–Crippen LogP) is 8.49. The molecular formula is C26H32Cl2F3N5O2. The van der Waals surface area contributed by atoms with E-state index in [1.165, 1.54) is 29.3 Å². The highest BCUT2D eigenvalue weighted by Crippen LogP contribution is 2.31. The van der Waals surface area contributed by atoms with Gasteiger partial charge in [0, 0.05) is 29.2 Å². The van der Waals surface area contributed by atoms with Gasteiger partial charge in [0.2, 0.25) is 5.89 Å². The number of hydrazone groups is 1. The van der Waals surface area contributed by atoms with E-state index in [1.54, 1.807) is 19.1 Å². The first-order valence-electron chi connectivity index (χ1n) is 12.2. The molecule has 0 unspecified atom stereocenters. The Morgan fingerprint density at radius 2 is 1.68 bits per heavy atom. The summed E-state index contributed by atoms with van der Waals surface area (Å²) in [6.07, 6.45) is -2.58. The van der Waals surface area contributed by atoms with Crippen molar-refractivity contribution in [1.29, 1.82) is 0 Å². The normalized spacial score (nSPS) is 10.8. The van der Waals surface area contributed by atoms with Crippen molar-refractivity contribution < 1.29 is 22.5 Å². The van der Waals surface area contributed by atoms with Gasteiger partial charge in [-0.1, -0.05) is 69.0 Å². The highest BCUT2D eigenvalue weighted by Gasteiger charge is 2.31. The number of aromatic nitrogens is 2. The summed E-state index contributed by atoms with van der Waals surface area (Å²) in [5.74, 6) is 0.607. The molecule has 208 valence electrons. The summed E-state index contributed by atoms with van der Waals surface area (Å²) >= 11 is 12.1. The van der Waals surface area contributed by atoms with Crippen LogP contribution >= 0.6 is 23.2 Å². The van der Waals surface area contributed by atoms with Gasteiger partial charge in [-0.3, -0.25) is 4.90 Å². The molecule has 0 aliphatic heterocycles. The van der Waals surface area contributed by atoms with E-state index >= 15 is 0 Å². The Kier molecular flexibility index (Phi) is 13.8. The fraction of sp³-hybridized carbons (Fsp3) is 0.385. The van der Waals surface area contributed by atoms with Crippen molar-refractivity contribution in [2.24, 2.45) is 5.10 Å². The number of amides is 2. The lowest BCUT2D eigenvalue weighted by molar-refractivity contribution is -0.137. The molecule has 0 saturated heterocycles. The van der Waals surface area contributed by atoms with Crippen LogP contribution in [-0.2, 0) is 19.1 Å². The maximum Gasteiger partial charge on any atom is 0.416 e. The largest absolute Gasteiger partial charge is 0.416 e. The third-order valence-corrected chi connectivity index (χ3v) is 5.25. The highest BCUT2D eigenvalue weighted by atomic mass is 35.5. The number of anilines is 1. The number of carbonyl (C=O) groups is 1. The Morgan fingerprint density at radius 3 is 2.18 bits per heavy atom. The SMILES string of the molecule is CC.CC.CCc1noc(CN(/N=C/c2ccc(Cl)cc2Cl)C(=O)N(CC)c2ccc(C(F)(F)F)cc2)n1. The number of benzene rings is 2. The van der Waals surface area contributed by atoms with Gasteiger partial charge in [0.1, 0.15) is 6.54 Å². The van der Waals surface area contributed by atoms with Crippen molar-refractivity contribution in [1.82, 2.24) is 15.1 Å². The zero-order chi connectivity index (χ0) is 28.9. The molecule has 0 radical (unpaired) electrons. The minimum Gasteiger partial charge on any atom is -0.337 e. The summed E-state index contributed by atoms with van der Waals surface area (Å²) < 4.78 is 44.0. The fourth-order valence-corrected chi connectivity index (χ4v) is 3.38. The van der Waals surface area contributed by atoms with Gasteiger partial charge in [0.15, 0.2) is 5.82 Å². The van der Waals surface area contributed by atoms with Gasteiger partial charge in [-0.15, -0.1) is 0 Å². The molecule has 38 heavy (non-hydrogen) atoms. The van der Waals surface area contributed by atoms with Crippen molar-refractivity contribution in [2.75, 3.05) is 11.4 Å². The molecule has 0 spiro atoms. The first-order chi connectivity index (χ1) is 18.1. The smallest absolute Gasteiger partial charge is 0.337 e. The van der Waals surface area contributed by atoms with Gasteiger partial charge in [0.25, 0.3) is 0 Å². The van der Waals surface area contributed by atoms with E-state index in [2.05, 4.69) is 15.2 Å². The number of hydrogen-bond donors (Lipinski definition) is 0. The van der Waals surface area contributed by atoms with E-state index in [0.29, 0.717) is 27.9 Å². The molecule has 0 aliphatic rings. The molecule has 1 aromatic heterocycles. The molecule has 0 fully saturated rings. The highest BCUT2D eigenvalue weighted by molar-refractivity contribution is 6.36. The molecule has 0 bridgehead atoms. The van der Waals surface area contributed by atoms with Crippen LogP contribution in [0, 0.1) is 0 Å². The van der Waals surface area contributed by atoms with Crippen LogP contribution < -0.4 is 4.90 Å². The Balaban J connectivity index is 0.00000172. The van der Waals surface area contributed by atoms with E-state index in [-0.39, 0.29) is 24.7 Å². The molecular weight excluding hydrogens is 542 g/mol. The zero-order valence-electron chi connectivity index (χ0n) is 22.2. The lowest BCUT2D eigenvalue weighted by Gasteiger charge is -2.26. The third kappa shape index (κ3) is 9.33. The summed E-state index contributed by atoms with van der Waals surface area (Å²) in [5.41, 5.74) is -0.0452. The van der Waals surface area contributed by atoms with E-state index in [9.17, 15) is 18.0 Å². The van der Waals surface area contributed by atoms with Crippen LogP contribution in [-0.4, -0.2) is 33.9 Å². The number of aryl methyl sites for hydroxylation is 1. The van der Waals surface area contributed by atoms with Crippen LogP contribution in [0.2, 0.25) is 10.0 Å². The van der Waals surface area contributed by atoms with Crippen LogP contribution in [0.5, 0.6) is 0 Å². The van der Waals surface area contributed by atoms with Crippen LogP contribution in [0.25, 0.3) is 0 Å². The van der Waals surface area contributed by atoms with Gasteiger partial charge in [-0.05, 0) is 43.3 Å². The average molecular weight is 574 g/mol. The standard InChI is InChI=1S/C22H20Cl2F3N5O2.2C2H6/c1-3-19-29-20(34-30-19)13-32(28-12-14-5-8-16(23)11-18(14)24)21(33)31(4-2)17-9-6-15(7-10-17)22(25,26)27;2*1-2/h5-12H,3-4,13H2,1-2H3;2*1-2H3/b28-12+;;. The monoisotopic (exact) mass is 573 g/mol. The third-order valence-electron chi connectivity index (χ3n) is 4.68. The summed E-state index contributed by atoms with van der Waals surface area (Å²) in [5, 5.41) is 9.89. The van der Waals surface area contributed by atoms with Crippen LogP contribution in [0.3, 0.4) is 0 Å². The molecule has 3 rings (SSSR count). The summed E-state index contributed by atoms with van der Waals surface area (Å²) in [7, 11) is 0. The first kappa shape index (κ1) is 32.9. The Bertz CT molecular complexity index is 1170. The number of hydrogen-bond acceptors (Lipinski definition) is 5. The Hall–Kier alpha value is -3.11. The van der Waals surface area contributed by atoms with Crippen molar-refractivity contribution in [3.05, 3.63) is 75.4 Å². The molecule has 12 heteroatoms. The number of nitrogens with zero attached hydrogens (tertiary/aromatic N) is 5. The Labute approximate surface area is 231 Å². The first-order valence-corrected chi connectivity index (χ1v) is 12.9. The van der Waals surface area contributed by atoms with Crippen LogP contribution in [0.15, 0.2) is 52.1 Å². The van der Waals surface area contributed by atoms with Crippen molar-refractivity contribution in [3.63, 3.8) is 0 Å². The topological polar surface area (TPSA) is 74.8 Å². The number of urea groups is 1. The summed E-state index contributed by atoms with van der Waals surface area (Å²) in [6, 6.07) is 8.45. The Morgan fingerprint density at radius 1 is 1.05 bits per heavy atom. The van der Waals surface area contributed by atoms with Crippen molar-refractivity contribution in [3.8, 4) is 0 Å². The molecule has 2 amide bonds. The second-order valence-electron chi connectivity index (χ2n) is 7.00. The average Bonchev–Trinajstić information content (AvgIpc) is 3.37. The second-order valence-corrected chi connectivity index (χ2v) is 7.84. The van der Waals surface area contributed by atoms with Crippen LogP contribution in [0.1, 0.15) is 64.4 Å². The lowest BCUT2D eigenvalue weighted by Crippen LogP contribution is -2.40. The molecule has 0 aliphatic carbocycles. The summed E-state index contributed by atoms with van der Waals surface area (Å²) in [4.78, 5) is 18.8. The minimum atomic E-state index is -4.48. The number of rotatable bonds is 7. The molecule has 0 atom stereocenters. The van der Waals surface area contributed by atoms with Gasteiger partial charge >= 0.3 is 12.2 Å². The number of alkyl halides is 3. The maximum absolute atomic E-state index is 13.4. The lowest BCUT2D eigenvalue weighted by atomic mass is 10.2. The van der Waals surface area contributed by atoms with Gasteiger partial charge in [0.05, 0.1) is 16.8 Å². The van der Waals surface area contributed by atoms with E-state index in [1.807, 2.05) is 34.6 Å². The molecule has 2 aromatic carbocycles. The predicted molar refractivity (Wildman–Crippen MR) is 146 cm³/mol. The van der Waals surface area contributed by atoms with Gasteiger partial charge in [-0.2, -0.15) is 23.3 Å². The summed E-state index contributed by atoms with van der Waals surface area (Å²) in [6.45, 7) is 11.5. The molecule has 0 N–H and O–H groups in total.